The molecule has 3 heterocycles. The fourth-order valence-electron chi connectivity index (χ4n) is 5.16. The van der Waals surface area contributed by atoms with Crippen molar-refractivity contribution in [1.82, 2.24) is 35.1 Å². The Bertz CT molecular complexity index is 1110. The van der Waals surface area contributed by atoms with E-state index in [0.29, 0.717) is 24.9 Å². The molecule has 15 heteroatoms. The van der Waals surface area contributed by atoms with Crippen molar-refractivity contribution >= 4 is 35.8 Å². The van der Waals surface area contributed by atoms with Crippen LogP contribution in [0.25, 0.3) is 0 Å². The third-order valence-corrected chi connectivity index (χ3v) is 7.99. The summed E-state index contributed by atoms with van der Waals surface area (Å²) in [5, 5.41) is 6.67. The molecule has 0 saturated carbocycles. The molecule has 6 N–H and O–H groups in total. The third kappa shape index (κ3) is 9.36. The van der Waals surface area contributed by atoms with E-state index in [1.165, 1.54) is 0 Å². The number of hydrogen-bond acceptors (Lipinski definition) is 13. The van der Waals surface area contributed by atoms with Gasteiger partial charge in [0.15, 0.2) is 17.9 Å². The molecule has 15 nitrogen and oxygen atoms in total. The fourth-order valence-corrected chi connectivity index (χ4v) is 5.16. The lowest BCUT2D eigenvalue weighted by Gasteiger charge is -2.37. The Labute approximate surface area is 264 Å². The summed E-state index contributed by atoms with van der Waals surface area (Å²) in [5.41, 5.74) is 12.9. The molecule has 44 heavy (non-hydrogen) atoms. The molecule has 0 aliphatic carbocycles. The number of unbranched alkanes of at least 4 members (excludes halogenated alkanes) is 3. The number of nitrogens with zero attached hydrogens (tertiary/aromatic N) is 11. The predicted octanol–water partition coefficient (Wildman–Crippen LogP) is 1.08. The zero-order valence-corrected chi connectivity index (χ0v) is 28.3. The van der Waals surface area contributed by atoms with E-state index >= 15 is 0 Å². The van der Waals surface area contributed by atoms with Gasteiger partial charge >= 0.3 is 0 Å². The Morgan fingerprint density at radius 2 is 1.59 bits per heavy atom. The van der Waals surface area contributed by atoms with E-state index in [4.69, 9.17) is 31.4 Å². The number of hydrogen-bond donors (Lipinski definition) is 4. The molecule has 0 saturated heterocycles. The first-order valence-electron chi connectivity index (χ1n) is 16.2. The lowest BCUT2D eigenvalue weighted by atomic mass is 10.2. The molecular weight excluding hydrogens is 558 g/mol. The summed E-state index contributed by atoms with van der Waals surface area (Å²) in [6, 6.07) is 0. The van der Waals surface area contributed by atoms with Crippen molar-refractivity contribution in [3.8, 4) is 0 Å². The van der Waals surface area contributed by atoms with E-state index in [2.05, 4.69) is 63.1 Å². The Morgan fingerprint density at radius 1 is 0.841 bits per heavy atom. The van der Waals surface area contributed by atoms with Gasteiger partial charge < -0.3 is 31.5 Å². The zero-order chi connectivity index (χ0) is 32.2. The molecule has 0 aromatic rings. The van der Waals surface area contributed by atoms with Crippen LogP contribution in [0.5, 0.6) is 0 Å². The monoisotopic (exact) mass is 615 g/mol. The Kier molecular flexibility index (Phi) is 13.3. The average molecular weight is 616 g/mol. The Hall–Kier alpha value is -3.78. The highest BCUT2D eigenvalue weighted by Gasteiger charge is 2.29. The molecule has 3 unspecified atom stereocenters. The van der Waals surface area contributed by atoms with Crippen molar-refractivity contribution in [1.29, 1.82) is 0 Å². The minimum absolute atomic E-state index is 0.116. The van der Waals surface area contributed by atoms with E-state index < -0.39 is 0 Å². The van der Waals surface area contributed by atoms with Crippen LogP contribution in [-0.4, -0.2) is 140 Å². The van der Waals surface area contributed by atoms with Crippen LogP contribution in [0.3, 0.4) is 0 Å². The van der Waals surface area contributed by atoms with E-state index in [9.17, 15) is 0 Å². The summed E-state index contributed by atoms with van der Waals surface area (Å²) >= 11 is 0. The molecule has 3 rings (SSSR count). The molecule has 0 spiro atoms. The van der Waals surface area contributed by atoms with Crippen LogP contribution in [0.4, 0.5) is 0 Å². The van der Waals surface area contributed by atoms with Crippen LogP contribution in [0, 0.1) is 0 Å². The van der Waals surface area contributed by atoms with E-state index in [0.717, 1.165) is 88.5 Å². The Morgan fingerprint density at radius 3 is 2.27 bits per heavy atom. The van der Waals surface area contributed by atoms with Crippen molar-refractivity contribution in [3.63, 3.8) is 0 Å². The predicted molar refractivity (Wildman–Crippen MR) is 183 cm³/mol. The first-order valence-corrected chi connectivity index (χ1v) is 16.2. The topological polar surface area (TPSA) is 166 Å². The summed E-state index contributed by atoms with van der Waals surface area (Å²) in [7, 11) is 7.79. The molecular formula is C29H57N15. The van der Waals surface area contributed by atoms with Crippen molar-refractivity contribution in [3.05, 3.63) is 0 Å². The minimum Gasteiger partial charge on any atom is -0.369 e. The second-order valence-electron chi connectivity index (χ2n) is 11.5. The molecule has 3 aliphatic heterocycles. The van der Waals surface area contributed by atoms with Crippen LogP contribution < -0.4 is 22.1 Å². The van der Waals surface area contributed by atoms with E-state index in [1.54, 1.807) is 7.05 Å². The molecule has 3 aliphatic rings. The highest BCUT2D eigenvalue weighted by molar-refractivity contribution is 6.01. The fraction of sp³-hybridized carbons (Fsp3) is 0.793. The van der Waals surface area contributed by atoms with Crippen molar-refractivity contribution in [2.75, 3.05) is 60.9 Å². The number of nitrogens with one attached hydrogen (secondary N) is 2. The van der Waals surface area contributed by atoms with Crippen molar-refractivity contribution < 1.29 is 0 Å². The van der Waals surface area contributed by atoms with Gasteiger partial charge in [0, 0.05) is 73.8 Å². The maximum Gasteiger partial charge on any atom is 0.205 e. The molecule has 0 amide bonds. The van der Waals surface area contributed by atoms with Gasteiger partial charge in [0.1, 0.15) is 18.5 Å². The molecule has 0 bridgehead atoms. The SMILES string of the molecule is CCCCCN(CCC1N=C(N(C)CC)NC(=NC)N1)C1=NC(CCN2C(N)=NC(C)N=C2N(C)CCCC)N=C(N)N1C. The second kappa shape index (κ2) is 16.9. The summed E-state index contributed by atoms with van der Waals surface area (Å²) in [6.07, 6.45) is 6.24. The Balaban J connectivity index is 1.78. The lowest BCUT2D eigenvalue weighted by Crippen LogP contribution is -2.56. The maximum absolute atomic E-state index is 6.49. The molecule has 3 atom stereocenters. The summed E-state index contributed by atoms with van der Waals surface area (Å²) in [6.45, 7) is 12.4. The highest BCUT2D eigenvalue weighted by Crippen LogP contribution is 2.17. The van der Waals surface area contributed by atoms with Gasteiger partial charge in [0.25, 0.3) is 0 Å². The highest BCUT2D eigenvalue weighted by atomic mass is 15.5. The van der Waals surface area contributed by atoms with Crippen LogP contribution in [0.2, 0.25) is 0 Å². The summed E-state index contributed by atoms with van der Waals surface area (Å²) in [4.78, 5) is 38.9. The lowest BCUT2D eigenvalue weighted by molar-refractivity contribution is 0.335. The van der Waals surface area contributed by atoms with Gasteiger partial charge in [0.05, 0.1) is 0 Å². The number of rotatable bonds is 14. The third-order valence-electron chi connectivity index (χ3n) is 7.99. The number of nitrogens with two attached hydrogens (primary N) is 2. The summed E-state index contributed by atoms with van der Waals surface area (Å²) < 4.78 is 0. The van der Waals surface area contributed by atoms with Crippen LogP contribution in [0.15, 0.2) is 30.0 Å². The van der Waals surface area contributed by atoms with Gasteiger partial charge in [-0.2, -0.15) is 0 Å². The number of guanidine groups is 6. The van der Waals surface area contributed by atoms with Gasteiger partial charge in [-0.1, -0.05) is 33.1 Å². The van der Waals surface area contributed by atoms with E-state index in [1.807, 2.05) is 30.8 Å². The van der Waals surface area contributed by atoms with Gasteiger partial charge in [-0.05, 0) is 26.7 Å². The van der Waals surface area contributed by atoms with Gasteiger partial charge in [0.2, 0.25) is 17.9 Å². The minimum atomic E-state index is -0.345. The smallest absolute Gasteiger partial charge is 0.205 e. The van der Waals surface area contributed by atoms with Gasteiger partial charge in [-0.15, -0.1) is 0 Å². The second-order valence-corrected chi connectivity index (χ2v) is 11.5. The molecule has 0 fully saturated rings. The molecule has 248 valence electrons. The number of aliphatic imine (C=N–C) groups is 6. The van der Waals surface area contributed by atoms with Crippen LogP contribution in [0.1, 0.15) is 72.6 Å². The van der Waals surface area contributed by atoms with Crippen LogP contribution in [-0.2, 0) is 0 Å². The van der Waals surface area contributed by atoms with Gasteiger partial charge in [-0.25, -0.2) is 25.0 Å². The normalized spacial score (nSPS) is 22.8. The molecule has 0 radical (unpaired) electrons. The van der Waals surface area contributed by atoms with Gasteiger partial charge in [-0.3, -0.25) is 20.1 Å². The standard InChI is InChI=1S/C29H57N15/c1-9-12-14-18-43(19-15-23-36-26(32-5)39-27(37-23)40(6)11-3)29-38-22(35-24(30)42(29)8)16-20-44-25(31)33-21(4)34-28(44)41(7)17-13-10-2/h21-23H,9-20H2,1-8H3,(H2,30,35)(H2,31,33)(H2,32,36,37,39). The average Bonchev–Trinajstić information content (AvgIpc) is 3.01. The largest absolute Gasteiger partial charge is 0.369 e. The molecule has 0 aromatic carbocycles. The van der Waals surface area contributed by atoms with E-state index in [-0.39, 0.29) is 18.5 Å². The first-order chi connectivity index (χ1) is 21.1. The maximum atomic E-state index is 6.49. The quantitative estimate of drug-likeness (QED) is 0.209. The molecule has 0 aromatic heterocycles. The van der Waals surface area contributed by atoms with Crippen molar-refractivity contribution in [2.45, 2.75) is 91.1 Å². The summed E-state index contributed by atoms with van der Waals surface area (Å²) in [5.74, 6) is 4.13. The van der Waals surface area contributed by atoms with Crippen molar-refractivity contribution in [2.24, 2.45) is 41.4 Å². The van der Waals surface area contributed by atoms with Crippen LogP contribution >= 0.6 is 0 Å². The first kappa shape index (κ1) is 34.7. The zero-order valence-electron chi connectivity index (χ0n) is 28.3.